The maximum atomic E-state index is 6.64. The molecule has 0 aliphatic rings. The number of hydrogen-bond donors (Lipinski definition) is 0. The van der Waals surface area contributed by atoms with Crippen LogP contribution in [0.15, 0.2) is 132 Å². The molecule has 0 fully saturated rings. The molecule has 33 heavy (non-hydrogen) atoms. The molecule has 0 bridgehead atoms. The maximum absolute atomic E-state index is 6.64. The van der Waals surface area contributed by atoms with Gasteiger partial charge in [0.2, 0.25) is 0 Å². The van der Waals surface area contributed by atoms with Crippen LogP contribution in [-0.2, 0) is 0 Å². The van der Waals surface area contributed by atoms with Gasteiger partial charge in [-0.3, -0.25) is 0 Å². The standard InChI is InChI=1S/C31H24OSi/c1-23-20-21-29-28(22-23)27-18-11-19-30(31(27)32-29)33(24-12-5-2-6-13-24,25-14-7-3-8-15-25)26-16-9-4-10-17-26/h2-22H,1H3. The molecule has 5 aromatic carbocycles. The highest BCUT2D eigenvalue weighted by atomic mass is 28.3. The average molecular weight is 441 g/mol. The fraction of sp³-hybridized carbons (Fsp3) is 0.0323. The van der Waals surface area contributed by atoms with Gasteiger partial charge in [-0.05, 0) is 39.8 Å². The van der Waals surface area contributed by atoms with Crippen LogP contribution in [-0.4, -0.2) is 8.07 Å². The molecule has 0 N–H and O–H groups in total. The van der Waals surface area contributed by atoms with Crippen LogP contribution in [0.3, 0.4) is 0 Å². The van der Waals surface area contributed by atoms with Crippen molar-refractivity contribution in [1.29, 1.82) is 0 Å². The van der Waals surface area contributed by atoms with E-state index in [2.05, 4.69) is 134 Å². The number of fused-ring (bicyclic) bond motifs is 3. The summed E-state index contributed by atoms with van der Waals surface area (Å²) in [6.07, 6.45) is 0. The highest BCUT2D eigenvalue weighted by molar-refractivity contribution is 7.20. The number of hydrogen-bond acceptors (Lipinski definition) is 1. The zero-order valence-corrected chi connectivity index (χ0v) is 19.5. The normalized spacial score (nSPS) is 11.8. The summed E-state index contributed by atoms with van der Waals surface area (Å²) in [5.74, 6) is 0. The van der Waals surface area contributed by atoms with Crippen molar-refractivity contribution in [1.82, 2.24) is 0 Å². The fourth-order valence-corrected chi connectivity index (χ4v) is 10.1. The Labute approximate surface area is 195 Å². The Bertz CT molecular complexity index is 1450. The van der Waals surface area contributed by atoms with E-state index in [0.717, 1.165) is 11.2 Å². The van der Waals surface area contributed by atoms with E-state index in [1.165, 1.54) is 37.1 Å². The molecule has 1 heterocycles. The Morgan fingerprint density at radius 3 is 1.61 bits per heavy atom. The Balaban J connectivity index is 1.81. The number of benzene rings is 5. The lowest BCUT2D eigenvalue weighted by atomic mass is 10.1. The van der Waals surface area contributed by atoms with Crippen LogP contribution in [0, 0.1) is 6.92 Å². The zero-order valence-electron chi connectivity index (χ0n) is 18.5. The summed E-state index contributed by atoms with van der Waals surface area (Å²) in [5, 5.41) is 7.72. The highest BCUT2D eigenvalue weighted by Crippen LogP contribution is 2.29. The van der Waals surface area contributed by atoms with Gasteiger partial charge in [-0.15, -0.1) is 0 Å². The van der Waals surface area contributed by atoms with Crippen molar-refractivity contribution in [3.63, 3.8) is 0 Å². The highest BCUT2D eigenvalue weighted by Gasteiger charge is 2.43. The second kappa shape index (κ2) is 7.91. The molecule has 0 saturated carbocycles. The molecule has 0 aliphatic carbocycles. The van der Waals surface area contributed by atoms with Gasteiger partial charge in [0.1, 0.15) is 11.2 Å². The smallest absolute Gasteiger partial charge is 0.184 e. The molecule has 6 rings (SSSR count). The van der Waals surface area contributed by atoms with E-state index < -0.39 is 8.07 Å². The Hall–Kier alpha value is -3.88. The molecule has 0 atom stereocenters. The van der Waals surface area contributed by atoms with Gasteiger partial charge < -0.3 is 4.42 Å². The van der Waals surface area contributed by atoms with E-state index in [9.17, 15) is 0 Å². The van der Waals surface area contributed by atoms with Gasteiger partial charge in [0, 0.05) is 10.8 Å². The van der Waals surface area contributed by atoms with Crippen molar-refractivity contribution in [3.8, 4) is 0 Å². The summed E-state index contributed by atoms with van der Waals surface area (Å²) in [6.45, 7) is 2.14. The summed E-state index contributed by atoms with van der Waals surface area (Å²) >= 11 is 0. The first-order valence-corrected chi connectivity index (χ1v) is 13.4. The molecule has 0 saturated heterocycles. The van der Waals surface area contributed by atoms with Gasteiger partial charge >= 0.3 is 0 Å². The van der Waals surface area contributed by atoms with Crippen molar-refractivity contribution in [3.05, 3.63) is 133 Å². The van der Waals surface area contributed by atoms with Crippen LogP contribution >= 0.6 is 0 Å². The maximum Gasteiger partial charge on any atom is 0.184 e. The molecule has 0 aliphatic heterocycles. The van der Waals surface area contributed by atoms with Crippen molar-refractivity contribution >= 4 is 50.8 Å². The predicted molar refractivity (Wildman–Crippen MR) is 142 cm³/mol. The third-order valence-electron chi connectivity index (χ3n) is 6.68. The number of furan rings is 1. The summed E-state index contributed by atoms with van der Waals surface area (Å²) in [7, 11) is -2.63. The Morgan fingerprint density at radius 1 is 0.515 bits per heavy atom. The van der Waals surface area contributed by atoms with Crippen LogP contribution in [0.25, 0.3) is 21.9 Å². The van der Waals surface area contributed by atoms with Crippen LogP contribution in [0.2, 0.25) is 0 Å². The molecule has 0 amide bonds. The summed E-state index contributed by atoms with van der Waals surface area (Å²) < 4.78 is 6.64. The van der Waals surface area contributed by atoms with E-state index in [1.54, 1.807) is 0 Å². The summed E-state index contributed by atoms with van der Waals surface area (Å²) in [6, 6.07) is 46.1. The number of rotatable bonds is 4. The first-order valence-electron chi connectivity index (χ1n) is 11.4. The third kappa shape index (κ3) is 3.06. The van der Waals surface area contributed by atoms with E-state index in [0.29, 0.717) is 0 Å². The zero-order chi connectivity index (χ0) is 22.3. The van der Waals surface area contributed by atoms with Crippen LogP contribution in [0.5, 0.6) is 0 Å². The molecule has 0 unspecified atom stereocenters. The van der Waals surface area contributed by atoms with Crippen molar-refractivity contribution in [2.45, 2.75) is 6.92 Å². The van der Waals surface area contributed by atoms with Crippen LogP contribution in [0.1, 0.15) is 5.56 Å². The van der Waals surface area contributed by atoms with Crippen LogP contribution in [0.4, 0.5) is 0 Å². The van der Waals surface area contributed by atoms with E-state index in [1.807, 2.05) is 0 Å². The van der Waals surface area contributed by atoms with E-state index >= 15 is 0 Å². The van der Waals surface area contributed by atoms with Gasteiger partial charge in [-0.2, -0.15) is 0 Å². The Morgan fingerprint density at radius 2 is 1.06 bits per heavy atom. The topological polar surface area (TPSA) is 13.1 Å². The first kappa shape index (κ1) is 19.8. The Kier molecular flexibility index (Phi) is 4.74. The van der Waals surface area contributed by atoms with Crippen molar-refractivity contribution in [2.75, 3.05) is 0 Å². The van der Waals surface area contributed by atoms with Crippen molar-refractivity contribution < 1.29 is 4.42 Å². The fourth-order valence-electron chi connectivity index (χ4n) is 5.24. The van der Waals surface area contributed by atoms with Gasteiger partial charge in [-0.1, -0.05) is 121 Å². The summed E-state index contributed by atoms with van der Waals surface area (Å²) in [4.78, 5) is 0. The predicted octanol–water partition coefficient (Wildman–Crippen LogP) is 5.27. The SMILES string of the molecule is Cc1ccc2oc3c([Si](c4ccccc4)(c4ccccc4)c4ccccc4)cccc3c2c1. The second-order valence-electron chi connectivity index (χ2n) is 8.63. The van der Waals surface area contributed by atoms with Crippen molar-refractivity contribution in [2.24, 2.45) is 0 Å². The molecule has 2 heteroatoms. The lowest BCUT2D eigenvalue weighted by Gasteiger charge is -2.34. The average Bonchev–Trinajstić information content (AvgIpc) is 3.25. The third-order valence-corrected chi connectivity index (χ3v) is 11.5. The minimum Gasteiger partial charge on any atom is -0.456 e. The van der Waals surface area contributed by atoms with E-state index in [-0.39, 0.29) is 0 Å². The monoisotopic (exact) mass is 440 g/mol. The quantitative estimate of drug-likeness (QED) is 0.269. The lowest BCUT2D eigenvalue weighted by molar-refractivity contribution is 0.671. The molecule has 1 nitrogen and oxygen atoms in total. The van der Waals surface area contributed by atoms with Gasteiger partial charge in [-0.25, -0.2) is 0 Å². The van der Waals surface area contributed by atoms with Gasteiger partial charge in [0.15, 0.2) is 8.07 Å². The molecule has 0 radical (unpaired) electrons. The first-order chi connectivity index (χ1) is 16.3. The molecule has 1 aromatic heterocycles. The largest absolute Gasteiger partial charge is 0.456 e. The molecular formula is C31H24OSi. The molecule has 158 valence electrons. The van der Waals surface area contributed by atoms with Gasteiger partial charge in [0.05, 0.1) is 0 Å². The molecule has 6 aromatic rings. The van der Waals surface area contributed by atoms with Gasteiger partial charge in [0.25, 0.3) is 0 Å². The molecule has 0 spiro atoms. The second-order valence-corrected chi connectivity index (χ2v) is 12.4. The number of para-hydroxylation sites is 1. The molecular weight excluding hydrogens is 416 g/mol. The van der Waals surface area contributed by atoms with Crippen LogP contribution < -0.4 is 20.7 Å². The summed E-state index contributed by atoms with van der Waals surface area (Å²) in [5.41, 5.74) is 3.19. The number of aryl methyl sites for hydroxylation is 1. The van der Waals surface area contributed by atoms with E-state index in [4.69, 9.17) is 4.42 Å². The minimum absolute atomic E-state index is 0.945. The minimum atomic E-state index is -2.63. The lowest BCUT2D eigenvalue weighted by Crippen LogP contribution is -2.74.